The molecule has 0 bridgehead atoms. The number of carbonyl (C=O) groups is 3. The van der Waals surface area contributed by atoms with E-state index in [2.05, 4.69) is 10.6 Å². The van der Waals surface area contributed by atoms with E-state index in [4.69, 9.17) is 10.5 Å². The Hall–Kier alpha value is -2.81. The van der Waals surface area contributed by atoms with Crippen LogP contribution in [0, 0.1) is 0 Å². The summed E-state index contributed by atoms with van der Waals surface area (Å²) in [6.07, 6.45) is 1.40. The Morgan fingerprint density at radius 1 is 1.04 bits per heavy atom. The summed E-state index contributed by atoms with van der Waals surface area (Å²) in [4.78, 5) is 39.5. The maximum Gasteiger partial charge on any atom is 0.320 e. The molecule has 4 N–H and O–H groups in total. The van der Waals surface area contributed by atoms with Crippen molar-refractivity contribution in [3.05, 3.63) is 29.8 Å². The first-order chi connectivity index (χ1) is 13.0. The van der Waals surface area contributed by atoms with Crippen molar-refractivity contribution >= 4 is 23.7 Å². The molecule has 146 valence electrons. The summed E-state index contributed by atoms with van der Waals surface area (Å²) in [5.74, 6) is -0.545. The predicted octanol–water partition coefficient (Wildman–Crippen LogP) is 0.824. The first-order valence-corrected chi connectivity index (χ1v) is 9.12. The molecule has 2 heterocycles. The van der Waals surface area contributed by atoms with Crippen LogP contribution in [0.5, 0.6) is 0 Å². The molecule has 1 aromatic carbocycles. The molecule has 9 heteroatoms. The van der Waals surface area contributed by atoms with Crippen LogP contribution in [0.2, 0.25) is 0 Å². The number of anilines is 1. The Morgan fingerprint density at radius 2 is 1.70 bits per heavy atom. The van der Waals surface area contributed by atoms with Gasteiger partial charge >= 0.3 is 12.1 Å². The molecule has 2 fully saturated rings. The normalized spacial score (nSPS) is 18.1. The third-order valence-electron chi connectivity index (χ3n) is 4.79. The van der Waals surface area contributed by atoms with E-state index in [0.29, 0.717) is 63.5 Å². The van der Waals surface area contributed by atoms with Crippen LogP contribution in [0.15, 0.2) is 24.3 Å². The summed E-state index contributed by atoms with van der Waals surface area (Å²) in [6, 6.07) is 6.18. The molecule has 5 amide bonds. The van der Waals surface area contributed by atoms with E-state index in [1.54, 1.807) is 18.2 Å². The molecule has 0 unspecified atom stereocenters. The monoisotopic (exact) mass is 375 g/mol. The number of amides is 5. The van der Waals surface area contributed by atoms with Crippen LogP contribution in [-0.2, 0) is 4.74 Å². The lowest BCUT2D eigenvalue weighted by Gasteiger charge is -2.37. The molecule has 9 nitrogen and oxygen atoms in total. The maximum atomic E-state index is 12.5. The predicted molar refractivity (Wildman–Crippen MR) is 99.5 cm³/mol. The van der Waals surface area contributed by atoms with Gasteiger partial charge in [0.25, 0.3) is 0 Å². The smallest absolute Gasteiger partial charge is 0.320 e. The number of nitrogens with zero attached hydrogens (tertiary/aromatic N) is 2. The third-order valence-corrected chi connectivity index (χ3v) is 4.79. The van der Waals surface area contributed by atoms with Crippen LogP contribution in [0.25, 0.3) is 0 Å². The second-order valence-corrected chi connectivity index (χ2v) is 6.69. The van der Waals surface area contributed by atoms with Gasteiger partial charge < -0.3 is 30.9 Å². The lowest BCUT2D eigenvalue weighted by atomic mass is 10.1. The number of carbonyl (C=O) groups excluding carboxylic acids is 3. The fourth-order valence-electron chi connectivity index (χ4n) is 3.27. The topological polar surface area (TPSA) is 117 Å². The van der Waals surface area contributed by atoms with Gasteiger partial charge in [-0.2, -0.15) is 0 Å². The Labute approximate surface area is 157 Å². The molecule has 0 radical (unpaired) electrons. The summed E-state index contributed by atoms with van der Waals surface area (Å²) >= 11 is 0. The number of nitrogens with one attached hydrogen (secondary N) is 2. The van der Waals surface area contributed by atoms with E-state index in [0.717, 1.165) is 0 Å². The average molecular weight is 375 g/mol. The van der Waals surface area contributed by atoms with Gasteiger partial charge in [-0.3, -0.25) is 4.79 Å². The highest BCUT2D eigenvalue weighted by Gasteiger charge is 2.27. The van der Waals surface area contributed by atoms with Crippen LogP contribution in [0.4, 0.5) is 15.3 Å². The summed E-state index contributed by atoms with van der Waals surface area (Å²) in [5.41, 5.74) is 6.08. The summed E-state index contributed by atoms with van der Waals surface area (Å²) in [6.45, 7) is 3.64. The number of primary amides is 1. The minimum atomic E-state index is -0.545. The number of urea groups is 2. The van der Waals surface area contributed by atoms with Crippen LogP contribution >= 0.6 is 0 Å². The molecule has 0 saturated carbocycles. The lowest BCUT2D eigenvalue weighted by molar-refractivity contribution is 0.0409. The molecule has 2 aliphatic rings. The molecule has 0 aliphatic carbocycles. The Balaban J connectivity index is 1.44. The lowest BCUT2D eigenvalue weighted by Crippen LogP contribution is -2.53. The quantitative estimate of drug-likeness (QED) is 0.725. The SMILES string of the molecule is NC(=O)c1cccc(NC(=O)NC2CCN(C(=O)N3CCOCC3)CC2)c1. The number of piperidine rings is 1. The molecule has 0 spiro atoms. The highest BCUT2D eigenvalue weighted by Crippen LogP contribution is 2.14. The Kier molecular flexibility index (Phi) is 6.12. The first-order valence-electron chi connectivity index (χ1n) is 9.12. The van der Waals surface area contributed by atoms with E-state index < -0.39 is 5.91 Å². The van der Waals surface area contributed by atoms with E-state index in [1.165, 1.54) is 6.07 Å². The van der Waals surface area contributed by atoms with Gasteiger partial charge in [-0.25, -0.2) is 9.59 Å². The summed E-state index contributed by atoms with van der Waals surface area (Å²) in [5, 5.41) is 5.63. The van der Waals surface area contributed by atoms with Crippen molar-refractivity contribution in [3.63, 3.8) is 0 Å². The number of ether oxygens (including phenoxy) is 1. The molecule has 1 aromatic rings. The standard InChI is InChI=1S/C18H25N5O4/c19-16(24)13-2-1-3-15(12-13)21-17(25)20-14-4-6-22(7-5-14)18(26)23-8-10-27-11-9-23/h1-3,12,14H,4-11H2,(H2,19,24)(H2,20,21,25). The largest absolute Gasteiger partial charge is 0.378 e. The fraction of sp³-hybridized carbons (Fsp3) is 0.500. The van der Waals surface area contributed by atoms with Crippen LogP contribution in [0.3, 0.4) is 0 Å². The number of hydrogen-bond acceptors (Lipinski definition) is 4. The van der Waals surface area contributed by atoms with Crippen molar-refractivity contribution in [2.45, 2.75) is 18.9 Å². The second-order valence-electron chi connectivity index (χ2n) is 6.69. The zero-order chi connectivity index (χ0) is 19.2. The van der Waals surface area contributed by atoms with Crippen molar-refractivity contribution < 1.29 is 19.1 Å². The molecule has 0 atom stereocenters. The maximum absolute atomic E-state index is 12.5. The molecule has 3 rings (SSSR count). The first kappa shape index (κ1) is 19.0. The van der Waals surface area contributed by atoms with E-state index >= 15 is 0 Å². The fourth-order valence-corrected chi connectivity index (χ4v) is 3.27. The Bertz CT molecular complexity index is 697. The minimum Gasteiger partial charge on any atom is -0.378 e. The van der Waals surface area contributed by atoms with Gasteiger partial charge in [-0.15, -0.1) is 0 Å². The Morgan fingerprint density at radius 3 is 2.37 bits per heavy atom. The summed E-state index contributed by atoms with van der Waals surface area (Å²) < 4.78 is 5.27. The van der Waals surface area contributed by atoms with Gasteiger partial charge in [0.05, 0.1) is 13.2 Å². The van der Waals surface area contributed by atoms with Gasteiger partial charge in [0.15, 0.2) is 0 Å². The highest BCUT2D eigenvalue weighted by atomic mass is 16.5. The van der Waals surface area contributed by atoms with E-state index in [1.807, 2.05) is 9.80 Å². The molecule has 2 aliphatic heterocycles. The molecule has 2 saturated heterocycles. The van der Waals surface area contributed by atoms with Gasteiger partial charge in [0.1, 0.15) is 0 Å². The average Bonchev–Trinajstić information content (AvgIpc) is 2.69. The minimum absolute atomic E-state index is 0.00179. The number of morpholine rings is 1. The van der Waals surface area contributed by atoms with Crippen molar-refractivity contribution in [1.82, 2.24) is 15.1 Å². The number of rotatable bonds is 3. The van der Waals surface area contributed by atoms with Gasteiger partial charge in [0.2, 0.25) is 5.91 Å². The van der Waals surface area contributed by atoms with Crippen molar-refractivity contribution in [2.75, 3.05) is 44.7 Å². The number of nitrogens with two attached hydrogens (primary N) is 1. The number of hydrogen-bond donors (Lipinski definition) is 3. The van der Waals surface area contributed by atoms with Gasteiger partial charge in [-0.05, 0) is 31.0 Å². The van der Waals surface area contributed by atoms with E-state index in [9.17, 15) is 14.4 Å². The molecule has 27 heavy (non-hydrogen) atoms. The van der Waals surface area contributed by atoms with Crippen LogP contribution in [0.1, 0.15) is 23.2 Å². The van der Waals surface area contributed by atoms with Gasteiger partial charge in [-0.1, -0.05) is 6.07 Å². The number of benzene rings is 1. The molecular formula is C18H25N5O4. The van der Waals surface area contributed by atoms with Gasteiger partial charge in [0, 0.05) is 43.5 Å². The highest BCUT2D eigenvalue weighted by molar-refractivity contribution is 5.95. The van der Waals surface area contributed by atoms with Crippen LogP contribution in [-0.4, -0.2) is 73.2 Å². The molecular weight excluding hydrogens is 350 g/mol. The number of likely N-dealkylation sites (tertiary alicyclic amines) is 1. The van der Waals surface area contributed by atoms with E-state index in [-0.39, 0.29) is 18.1 Å². The van der Waals surface area contributed by atoms with Crippen LogP contribution < -0.4 is 16.4 Å². The van der Waals surface area contributed by atoms with Crippen molar-refractivity contribution in [2.24, 2.45) is 5.73 Å². The second kappa shape index (κ2) is 8.72. The van der Waals surface area contributed by atoms with Crippen molar-refractivity contribution in [1.29, 1.82) is 0 Å². The summed E-state index contributed by atoms with van der Waals surface area (Å²) in [7, 11) is 0. The zero-order valence-electron chi connectivity index (χ0n) is 15.1. The zero-order valence-corrected chi connectivity index (χ0v) is 15.1. The molecule has 0 aromatic heterocycles. The van der Waals surface area contributed by atoms with Crippen molar-refractivity contribution in [3.8, 4) is 0 Å². The third kappa shape index (κ3) is 5.10.